The van der Waals surface area contributed by atoms with Crippen molar-refractivity contribution in [2.45, 2.75) is 22.9 Å². The minimum absolute atomic E-state index is 0.0873. The van der Waals surface area contributed by atoms with Gasteiger partial charge in [0.25, 0.3) is 0 Å². The number of carboxylic acids is 1. The summed E-state index contributed by atoms with van der Waals surface area (Å²) in [7, 11) is 0. The van der Waals surface area contributed by atoms with Crippen molar-refractivity contribution in [2.24, 2.45) is 0 Å². The van der Waals surface area contributed by atoms with E-state index < -0.39 is 28.7 Å². The Balaban J connectivity index is 2.09. The van der Waals surface area contributed by atoms with Crippen molar-refractivity contribution in [2.75, 3.05) is 0 Å². The van der Waals surface area contributed by atoms with Crippen molar-refractivity contribution in [3.63, 3.8) is 0 Å². The summed E-state index contributed by atoms with van der Waals surface area (Å²) >= 11 is 6.44. The number of benzene rings is 1. The SMILES string of the molecule is O=C(C[C@H](Sc1ccc(C(F)(F)F)cn1)C(=O)O)c1ccc(Cl)cc1. The molecule has 25 heavy (non-hydrogen) atoms. The maximum atomic E-state index is 12.5. The summed E-state index contributed by atoms with van der Waals surface area (Å²) in [5.41, 5.74) is -0.627. The number of aromatic nitrogens is 1. The molecule has 9 heteroatoms. The van der Waals surface area contributed by atoms with Crippen LogP contribution < -0.4 is 0 Å². The number of nitrogens with zero attached hydrogens (tertiary/aromatic N) is 1. The Morgan fingerprint density at radius 3 is 2.28 bits per heavy atom. The van der Waals surface area contributed by atoms with E-state index in [0.29, 0.717) is 16.8 Å². The summed E-state index contributed by atoms with van der Waals surface area (Å²) in [4.78, 5) is 27.1. The van der Waals surface area contributed by atoms with Crippen LogP contribution in [0.25, 0.3) is 0 Å². The number of alkyl halides is 3. The first kappa shape index (κ1) is 19.3. The van der Waals surface area contributed by atoms with E-state index in [-0.39, 0.29) is 11.4 Å². The highest BCUT2D eigenvalue weighted by atomic mass is 35.5. The third kappa shape index (κ3) is 5.47. The number of hydrogen-bond donors (Lipinski definition) is 1. The molecule has 0 aliphatic heterocycles. The van der Waals surface area contributed by atoms with E-state index in [4.69, 9.17) is 11.6 Å². The standard InChI is InChI=1S/C16H11ClF3NO3S/c17-11-4-1-9(2-5-11)12(22)7-13(15(23)24)25-14-6-3-10(8-21-14)16(18,19)20/h1-6,8,13H,7H2,(H,23,24)/t13-/m0/s1. The third-order valence-electron chi connectivity index (χ3n) is 3.14. The minimum atomic E-state index is -4.52. The largest absolute Gasteiger partial charge is 0.480 e. The van der Waals surface area contributed by atoms with Gasteiger partial charge in [0.05, 0.1) is 10.6 Å². The maximum absolute atomic E-state index is 12.5. The predicted molar refractivity (Wildman–Crippen MR) is 86.9 cm³/mol. The molecule has 1 aromatic heterocycles. The number of ketones is 1. The van der Waals surface area contributed by atoms with Gasteiger partial charge < -0.3 is 5.11 Å². The maximum Gasteiger partial charge on any atom is 0.417 e. The lowest BCUT2D eigenvalue weighted by Gasteiger charge is -2.12. The molecule has 0 aliphatic rings. The Labute approximate surface area is 150 Å². The molecule has 0 saturated carbocycles. The van der Waals surface area contributed by atoms with Gasteiger partial charge in [-0.3, -0.25) is 9.59 Å². The van der Waals surface area contributed by atoms with E-state index >= 15 is 0 Å². The first-order chi connectivity index (χ1) is 11.7. The van der Waals surface area contributed by atoms with Crippen molar-refractivity contribution in [3.8, 4) is 0 Å². The highest BCUT2D eigenvalue weighted by molar-refractivity contribution is 8.00. The summed E-state index contributed by atoms with van der Waals surface area (Å²) < 4.78 is 37.5. The average Bonchev–Trinajstić information content (AvgIpc) is 2.54. The molecule has 0 spiro atoms. The van der Waals surface area contributed by atoms with Gasteiger partial charge in [-0.2, -0.15) is 13.2 Å². The first-order valence-electron chi connectivity index (χ1n) is 6.88. The van der Waals surface area contributed by atoms with Gasteiger partial charge in [-0.1, -0.05) is 23.4 Å². The van der Waals surface area contributed by atoms with E-state index in [1.807, 2.05) is 0 Å². The molecule has 0 bridgehead atoms. The molecule has 0 radical (unpaired) electrons. The third-order valence-corrected chi connectivity index (χ3v) is 4.53. The zero-order chi connectivity index (χ0) is 18.6. The van der Waals surface area contributed by atoms with Gasteiger partial charge in [-0.25, -0.2) is 4.98 Å². The average molecular weight is 390 g/mol. The Hall–Kier alpha value is -2.06. The Morgan fingerprint density at radius 1 is 1.16 bits per heavy atom. The van der Waals surface area contributed by atoms with Crippen molar-refractivity contribution < 1.29 is 27.9 Å². The fourth-order valence-corrected chi connectivity index (χ4v) is 2.88. The summed E-state index contributed by atoms with van der Waals surface area (Å²) in [6, 6.07) is 7.87. The minimum Gasteiger partial charge on any atom is -0.480 e. The van der Waals surface area contributed by atoms with Crippen LogP contribution in [0.2, 0.25) is 5.02 Å². The highest BCUT2D eigenvalue weighted by Gasteiger charge is 2.31. The fraction of sp³-hybridized carbons (Fsp3) is 0.188. The van der Waals surface area contributed by atoms with Crippen LogP contribution in [0, 0.1) is 0 Å². The molecule has 1 atom stereocenters. The quantitative estimate of drug-likeness (QED) is 0.579. The van der Waals surface area contributed by atoms with Gasteiger partial charge in [-0.05, 0) is 36.4 Å². The molecule has 0 unspecified atom stereocenters. The predicted octanol–water partition coefficient (Wildman–Crippen LogP) is 4.57. The van der Waals surface area contributed by atoms with Crippen LogP contribution >= 0.6 is 23.4 Å². The topological polar surface area (TPSA) is 67.3 Å². The van der Waals surface area contributed by atoms with Gasteiger partial charge in [0, 0.05) is 23.2 Å². The second-order valence-corrected chi connectivity index (χ2v) is 6.62. The number of aliphatic carboxylic acids is 1. The number of carbonyl (C=O) groups is 2. The fourth-order valence-electron chi connectivity index (χ4n) is 1.86. The zero-order valence-electron chi connectivity index (χ0n) is 12.5. The van der Waals surface area contributed by atoms with Crippen LogP contribution in [0.15, 0.2) is 47.6 Å². The number of carboxylic acid groups (broad SMARTS) is 1. The highest BCUT2D eigenvalue weighted by Crippen LogP contribution is 2.31. The first-order valence-corrected chi connectivity index (χ1v) is 8.14. The molecular formula is C16H11ClF3NO3S. The second kappa shape index (κ2) is 7.88. The Bertz CT molecular complexity index is 764. The molecule has 0 fully saturated rings. The molecule has 132 valence electrons. The van der Waals surface area contributed by atoms with Crippen LogP contribution in [0.4, 0.5) is 13.2 Å². The number of rotatable bonds is 6. The van der Waals surface area contributed by atoms with Crippen LogP contribution in [-0.2, 0) is 11.0 Å². The second-order valence-electron chi connectivity index (χ2n) is 4.96. The molecular weight excluding hydrogens is 379 g/mol. The lowest BCUT2D eigenvalue weighted by atomic mass is 10.1. The molecule has 0 amide bonds. The van der Waals surface area contributed by atoms with E-state index in [0.717, 1.165) is 23.9 Å². The van der Waals surface area contributed by atoms with Crippen molar-refractivity contribution in [1.29, 1.82) is 0 Å². The number of hydrogen-bond acceptors (Lipinski definition) is 4. The summed E-state index contributed by atoms with van der Waals surface area (Å²) in [5.74, 6) is -1.67. The molecule has 0 saturated heterocycles. The number of thioether (sulfide) groups is 1. The van der Waals surface area contributed by atoms with Gasteiger partial charge in [0.2, 0.25) is 0 Å². The normalized spacial score (nSPS) is 12.6. The number of Topliss-reactive ketones (excluding diaryl/α,β-unsaturated/α-hetero) is 1. The van der Waals surface area contributed by atoms with Crippen molar-refractivity contribution >= 4 is 35.1 Å². The monoisotopic (exact) mass is 389 g/mol. The van der Waals surface area contributed by atoms with E-state index in [9.17, 15) is 27.9 Å². The van der Waals surface area contributed by atoms with Crippen molar-refractivity contribution in [1.82, 2.24) is 4.98 Å². The lowest BCUT2D eigenvalue weighted by molar-refractivity contribution is -0.138. The van der Waals surface area contributed by atoms with Crippen LogP contribution in [-0.4, -0.2) is 27.1 Å². The Kier molecular flexibility index (Phi) is 6.07. The molecule has 1 heterocycles. The number of halogens is 4. The van der Waals surface area contributed by atoms with E-state index in [2.05, 4.69) is 4.98 Å². The summed E-state index contributed by atoms with van der Waals surface area (Å²) in [6.07, 6.45) is -4.22. The van der Waals surface area contributed by atoms with Crippen molar-refractivity contribution in [3.05, 3.63) is 58.7 Å². The smallest absolute Gasteiger partial charge is 0.417 e. The number of pyridine rings is 1. The van der Waals surface area contributed by atoms with Gasteiger partial charge >= 0.3 is 12.1 Å². The molecule has 0 aliphatic carbocycles. The zero-order valence-corrected chi connectivity index (χ0v) is 14.0. The number of carbonyl (C=O) groups excluding carboxylic acids is 1. The van der Waals surface area contributed by atoms with E-state index in [1.165, 1.54) is 24.3 Å². The molecule has 2 aromatic rings. The molecule has 1 N–H and O–H groups in total. The van der Waals surface area contributed by atoms with Crippen LogP contribution in [0.1, 0.15) is 22.3 Å². The van der Waals surface area contributed by atoms with Gasteiger partial charge in [0.15, 0.2) is 5.78 Å². The van der Waals surface area contributed by atoms with E-state index in [1.54, 1.807) is 0 Å². The Morgan fingerprint density at radius 2 is 1.80 bits per heavy atom. The van der Waals surface area contributed by atoms with Gasteiger partial charge in [0.1, 0.15) is 5.25 Å². The van der Waals surface area contributed by atoms with Crippen LogP contribution in [0.3, 0.4) is 0 Å². The lowest BCUT2D eigenvalue weighted by Crippen LogP contribution is -2.20. The molecule has 2 rings (SSSR count). The molecule has 1 aromatic carbocycles. The molecule has 4 nitrogen and oxygen atoms in total. The van der Waals surface area contributed by atoms with Gasteiger partial charge in [-0.15, -0.1) is 0 Å². The van der Waals surface area contributed by atoms with Crippen LogP contribution in [0.5, 0.6) is 0 Å². The summed E-state index contributed by atoms with van der Waals surface area (Å²) in [6.45, 7) is 0. The summed E-state index contributed by atoms with van der Waals surface area (Å²) in [5, 5.41) is 8.61.